The highest BCUT2D eigenvalue weighted by atomic mass is 35.5. The molecule has 0 amide bonds. The van der Waals surface area contributed by atoms with Gasteiger partial charge in [0, 0.05) is 6.61 Å². The van der Waals surface area contributed by atoms with Gasteiger partial charge in [0.15, 0.2) is 11.5 Å². The van der Waals surface area contributed by atoms with Gasteiger partial charge in [-0.05, 0) is 51.3 Å². The second-order valence-corrected chi connectivity index (χ2v) is 5.64. The lowest BCUT2D eigenvalue weighted by molar-refractivity contribution is 0.0164. The summed E-state index contributed by atoms with van der Waals surface area (Å²) < 4.78 is 17.1. The van der Waals surface area contributed by atoms with E-state index < -0.39 is 0 Å². The lowest BCUT2D eigenvalue weighted by Crippen LogP contribution is -2.28. The van der Waals surface area contributed by atoms with Gasteiger partial charge in [-0.1, -0.05) is 6.07 Å². The van der Waals surface area contributed by atoms with Crippen molar-refractivity contribution in [2.45, 2.75) is 44.6 Å². The predicted molar refractivity (Wildman–Crippen MR) is 81.0 cm³/mol. The molecule has 1 aliphatic rings. The summed E-state index contributed by atoms with van der Waals surface area (Å²) in [5.41, 5.74) is 0.723. The van der Waals surface area contributed by atoms with Crippen molar-refractivity contribution in [3.63, 3.8) is 0 Å². The van der Waals surface area contributed by atoms with Crippen molar-refractivity contribution >= 4 is 11.6 Å². The summed E-state index contributed by atoms with van der Waals surface area (Å²) >= 11 is 6.63. The van der Waals surface area contributed by atoms with Crippen molar-refractivity contribution in [2.75, 3.05) is 19.8 Å². The van der Waals surface area contributed by atoms with Gasteiger partial charge in [-0.3, -0.25) is 0 Å². The second-order valence-electron chi connectivity index (χ2n) is 5.20. The molecule has 1 heterocycles. The lowest BCUT2D eigenvalue weighted by atomic mass is 9.93. The van der Waals surface area contributed by atoms with Crippen LogP contribution in [0.2, 0.25) is 0 Å². The molecule has 1 aromatic rings. The average Bonchev–Trinajstić information content (AvgIpc) is 2.89. The fourth-order valence-corrected chi connectivity index (χ4v) is 2.89. The van der Waals surface area contributed by atoms with E-state index in [-0.39, 0.29) is 11.0 Å². The van der Waals surface area contributed by atoms with Crippen molar-refractivity contribution in [1.82, 2.24) is 0 Å². The van der Waals surface area contributed by atoms with Crippen LogP contribution < -0.4 is 9.47 Å². The van der Waals surface area contributed by atoms with Crippen LogP contribution in [0, 0.1) is 0 Å². The monoisotopic (exact) mass is 298 g/mol. The first-order valence-electron chi connectivity index (χ1n) is 7.28. The van der Waals surface area contributed by atoms with Gasteiger partial charge in [-0.25, -0.2) is 0 Å². The molecule has 3 nitrogen and oxygen atoms in total. The van der Waals surface area contributed by atoms with Crippen LogP contribution in [0.25, 0.3) is 0 Å². The SMILES string of the molecule is CCOc1ccc(C(Cl)C2(C)CCCO2)cc1OCC. The van der Waals surface area contributed by atoms with Crippen LogP contribution in [0.1, 0.15) is 44.6 Å². The van der Waals surface area contributed by atoms with Gasteiger partial charge in [0.1, 0.15) is 0 Å². The molecule has 0 N–H and O–H groups in total. The maximum absolute atomic E-state index is 6.63. The van der Waals surface area contributed by atoms with E-state index in [1.807, 2.05) is 32.0 Å². The molecule has 1 fully saturated rings. The van der Waals surface area contributed by atoms with Gasteiger partial charge in [0.05, 0.1) is 24.2 Å². The topological polar surface area (TPSA) is 27.7 Å². The summed E-state index contributed by atoms with van der Waals surface area (Å²) in [6, 6.07) is 5.90. The third-order valence-corrected chi connectivity index (χ3v) is 4.36. The zero-order chi connectivity index (χ0) is 14.6. The second kappa shape index (κ2) is 6.68. The van der Waals surface area contributed by atoms with Gasteiger partial charge in [-0.2, -0.15) is 0 Å². The minimum absolute atomic E-state index is 0.181. The van der Waals surface area contributed by atoms with Crippen LogP contribution in [-0.2, 0) is 4.74 Å². The molecule has 112 valence electrons. The summed E-state index contributed by atoms with van der Waals surface area (Å²) in [5.74, 6) is 1.51. The van der Waals surface area contributed by atoms with Crippen molar-refractivity contribution in [2.24, 2.45) is 0 Å². The highest BCUT2D eigenvalue weighted by Crippen LogP contribution is 2.43. The van der Waals surface area contributed by atoms with E-state index in [2.05, 4.69) is 6.92 Å². The Balaban J connectivity index is 2.25. The van der Waals surface area contributed by atoms with Crippen molar-refractivity contribution in [3.05, 3.63) is 23.8 Å². The largest absolute Gasteiger partial charge is 0.490 e. The molecule has 1 aromatic carbocycles. The Morgan fingerprint density at radius 3 is 2.55 bits per heavy atom. The first-order chi connectivity index (χ1) is 9.60. The van der Waals surface area contributed by atoms with E-state index in [4.69, 9.17) is 25.8 Å². The molecule has 0 bridgehead atoms. The summed E-state index contributed by atoms with van der Waals surface area (Å²) in [4.78, 5) is 0. The molecule has 4 heteroatoms. The van der Waals surface area contributed by atoms with E-state index in [1.165, 1.54) is 0 Å². The fraction of sp³-hybridized carbons (Fsp3) is 0.625. The van der Waals surface area contributed by atoms with Crippen LogP contribution in [-0.4, -0.2) is 25.4 Å². The first kappa shape index (κ1) is 15.5. The minimum atomic E-state index is -0.293. The Morgan fingerprint density at radius 1 is 1.25 bits per heavy atom. The zero-order valence-electron chi connectivity index (χ0n) is 12.4. The zero-order valence-corrected chi connectivity index (χ0v) is 13.2. The Kier molecular flexibility index (Phi) is 5.17. The molecule has 20 heavy (non-hydrogen) atoms. The number of rotatable bonds is 6. The average molecular weight is 299 g/mol. The quantitative estimate of drug-likeness (QED) is 0.732. The molecule has 1 aliphatic heterocycles. The van der Waals surface area contributed by atoms with Crippen molar-refractivity contribution in [3.8, 4) is 11.5 Å². The number of benzene rings is 1. The number of alkyl halides is 1. The maximum Gasteiger partial charge on any atom is 0.161 e. The minimum Gasteiger partial charge on any atom is -0.490 e. The summed E-state index contributed by atoms with van der Waals surface area (Å²) in [6.07, 6.45) is 2.05. The molecule has 2 unspecified atom stereocenters. The van der Waals surface area contributed by atoms with Gasteiger partial charge in [0.25, 0.3) is 0 Å². The normalized spacial score (nSPS) is 23.6. The molecule has 0 aromatic heterocycles. The Morgan fingerprint density at radius 2 is 1.95 bits per heavy atom. The van der Waals surface area contributed by atoms with Crippen LogP contribution >= 0.6 is 11.6 Å². The molecule has 2 rings (SSSR count). The van der Waals surface area contributed by atoms with Crippen molar-refractivity contribution in [1.29, 1.82) is 0 Å². The lowest BCUT2D eigenvalue weighted by Gasteiger charge is -2.29. The fourth-order valence-electron chi connectivity index (χ4n) is 2.58. The highest BCUT2D eigenvalue weighted by Gasteiger charge is 2.38. The number of halogens is 1. The maximum atomic E-state index is 6.63. The smallest absolute Gasteiger partial charge is 0.161 e. The van der Waals surface area contributed by atoms with Crippen LogP contribution in [0.15, 0.2) is 18.2 Å². The summed E-state index contributed by atoms with van der Waals surface area (Å²) in [7, 11) is 0. The molecule has 0 spiro atoms. The van der Waals surface area contributed by atoms with Gasteiger partial charge in [0.2, 0.25) is 0 Å². The Labute approximate surface area is 126 Å². The summed E-state index contributed by atoms with van der Waals surface area (Å²) in [6.45, 7) is 8.00. The third kappa shape index (κ3) is 3.21. The molecule has 0 saturated carbocycles. The predicted octanol–water partition coefficient (Wildman–Crippen LogP) is 4.33. The number of hydrogen-bond donors (Lipinski definition) is 0. The Hall–Kier alpha value is -0.930. The highest BCUT2D eigenvalue weighted by molar-refractivity contribution is 6.21. The first-order valence-corrected chi connectivity index (χ1v) is 7.72. The standard InChI is InChI=1S/C16H23ClO3/c1-4-18-13-8-7-12(11-14(13)19-5-2)15(17)16(3)9-6-10-20-16/h7-8,11,15H,4-6,9-10H2,1-3H3. The molecule has 1 saturated heterocycles. The van der Waals surface area contributed by atoms with Gasteiger partial charge in [-0.15, -0.1) is 11.6 Å². The number of ether oxygens (including phenoxy) is 3. The van der Waals surface area contributed by atoms with Gasteiger partial charge < -0.3 is 14.2 Å². The number of hydrogen-bond acceptors (Lipinski definition) is 3. The third-order valence-electron chi connectivity index (χ3n) is 3.65. The van der Waals surface area contributed by atoms with Crippen LogP contribution in [0.3, 0.4) is 0 Å². The van der Waals surface area contributed by atoms with Crippen LogP contribution in [0.4, 0.5) is 0 Å². The van der Waals surface area contributed by atoms with E-state index in [1.54, 1.807) is 0 Å². The van der Waals surface area contributed by atoms with E-state index in [9.17, 15) is 0 Å². The van der Waals surface area contributed by atoms with Gasteiger partial charge >= 0.3 is 0 Å². The van der Waals surface area contributed by atoms with Crippen molar-refractivity contribution < 1.29 is 14.2 Å². The Bertz CT molecular complexity index is 441. The van der Waals surface area contributed by atoms with E-state index in [0.717, 1.165) is 36.5 Å². The molecular weight excluding hydrogens is 276 g/mol. The molecule has 2 atom stereocenters. The van der Waals surface area contributed by atoms with E-state index in [0.29, 0.717) is 13.2 Å². The molecule has 0 aliphatic carbocycles. The molecule has 0 radical (unpaired) electrons. The van der Waals surface area contributed by atoms with Crippen LogP contribution in [0.5, 0.6) is 11.5 Å². The molecular formula is C16H23ClO3. The summed E-state index contributed by atoms with van der Waals surface area (Å²) in [5, 5.41) is -0.181. The van der Waals surface area contributed by atoms with E-state index >= 15 is 0 Å².